The molecule has 0 saturated carbocycles. The zero-order valence-corrected chi connectivity index (χ0v) is 21.4. The number of likely N-dealkylation sites (tertiary alicyclic amines) is 1. The summed E-state index contributed by atoms with van der Waals surface area (Å²) in [6, 6.07) is 7.07. The predicted octanol–water partition coefficient (Wildman–Crippen LogP) is 2.75. The van der Waals surface area contributed by atoms with Gasteiger partial charge in [-0.25, -0.2) is 4.39 Å². The highest BCUT2D eigenvalue weighted by molar-refractivity contribution is 14.0. The highest BCUT2D eigenvalue weighted by Gasteiger charge is 2.27. The van der Waals surface area contributed by atoms with Gasteiger partial charge in [0.2, 0.25) is 0 Å². The summed E-state index contributed by atoms with van der Waals surface area (Å²) in [4.78, 5) is 11.5. The lowest BCUT2D eigenvalue weighted by Crippen LogP contribution is -2.47. The number of nitrogens with one attached hydrogen (secondary N) is 1. The number of hydrogen-bond donors (Lipinski definition) is 1. The van der Waals surface area contributed by atoms with Gasteiger partial charge >= 0.3 is 0 Å². The predicted molar refractivity (Wildman–Crippen MR) is 139 cm³/mol. The van der Waals surface area contributed by atoms with Gasteiger partial charge < -0.3 is 15.1 Å². The van der Waals surface area contributed by atoms with Crippen LogP contribution >= 0.6 is 24.0 Å². The number of nitrogens with zero attached hydrogens (tertiary/aromatic N) is 6. The van der Waals surface area contributed by atoms with Crippen LogP contribution in [0.25, 0.3) is 0 Å². The Morgan fingerprint density at radius 3 is 2.66 bits per heavy atom. The highest BCUT2D eigenvalue weighted by atomic mass is 127. The third-order valence-electron chi connectivity index (χ3n) is 6.40. The maximum atomic E-state index is 14.0. The first-order chi connectivity index (χ1) is 15.1. The van der Waals surface area contributed by atoms with Gasteiger partial charge in [0.05, 0.1) is 11.9 Å². The molecule has 1 aromatic carbocycles. The Hall–Kier alpha value is -1.88. The lowest BCUT2D eigenvalue weighted by atomic mass is 10.0. The smallest absolute Gasteiger partial charge is 0.193 e. The Kier molecular flexibility index (Phi) is 9.15. The third-order valence-corrected chi connectivity index (χ3v) is 6.40. The number of aromatic nitrogens is 2. The van der Waals surface area contributed by atoms with E-state index in [-0.39, 0.29) is 29.8 Å². The number of benzene rings is 1. The lowest BCUT2D eigenvalue weighted by Gasteiger charge is -2.36. The van der Waals surface area contributed by atoms with Gasteiger partial charge in [-0.2, -0.15) is 5.10 Å². The van der Waals surface area contributed by atoms with Crippen LogP contribution in [0.3, 0.4) is 0 Å². The van der Waals surface area contributed by atoms with E-state index < -0.39 is 0 Å². The molecule has 32 heavy (non-hydrogen) atoms. The minimum absolute atomic E-state index is 0. The maximum Gasteiger partial charge on any atom is 0.193 e. The number of piperazine rings is 1. The zero-order valence-electron chi connectivity index (χ0n) is 19.1. The molecular weight excluding hydrogens is 520 g/mol. The minimum Gasteiger partial charge on any atom is -0.367 e. The van der Waals surface area contributed by atoms with Crippen LogP contribution in [-0.2, 0) is 7.05 Å². The number of guanidine groups is 1. The first-order valence-electron chi connectivity index (χ1n) is 11.3. The summed E-state index contributed by atoms with van der Waals surface area (Å²) in [7, 11) is 3.83. The van der Waals surface area contributed by atoms with E-state index in [9.17, 15) is 4.39 Å². The fourth-order valence-corrected chi connectivity index (χ4v) is 4.63. The van der Waals surface area contributed by atoms with Crippen molar-refractivity contribution in [2.75, 3.05) is 64.3 Å². The second kappa shape index (κ2) is 11.8. The van der Waals surface area contributed by atoms with E-state index in [0.717, 1.165) is 76.8 Å². The standard InChI is InChI=1S/C23H34FN7.HI/c1-25-23(31-11-8-19(18-31)20-16-27-28(2)17-20)26-9-5-10-29-12-14-30(15-13-29)22-7-4-3-6-21(22)24;/h3-4,6-7,16-17,19H,5,8-15,18H2,1-2H3,(H,25,26);1H. The molecule has 2 aliphatic rings. The number of aliphatic imine (C=N–C) groups is 1. The minimum atomic E-state index is -0.126. The van der Waals surface area contributed by atoms with Crippen molar-refractivity contribution in [3.8, 4) is 0 Å². The molecule has 2 saturated heterocycles. The largest absolute Gasteiger partial charge is 0.367 e. The van der Waals surface area contributed by atoms with Crippen molar-refractivity contribution in [3.05, 3.63) is 48.0 Å². The van der Waals surface area contributed by atoms with E-state index in [1.54, 1.807) is 12.1 Å². The number of rotatable bonds is 6. The Labute approximate surface area is 207 Å². The Morgan fingerprint density at radius 1 is 1.19 bits per heavy atom. The molecule has 0 aliphatic carbocycles. The normalized spacial score (nSPS) is 19.8. The molecule has 0 spiro atoms. The van der Waals surface area contributed by atoms with Gasteiger partial charge in [0.25, 0.3) is 0 Å². The molecule has 2 aliphatic heterocycles. The molecule has 2 fully saturated rings. The van der Waals surface area contributed by atoms with Crippen LogP contribution in [0.15, 0.2) is 41.7 Å². The van der Waals surface area contributed by atoms with Crippen molar-refractivity contribution in [3.63, 3.8) is 0 Å². The van der Waals surface area contributed by atoms with Crippen molar-refractivity contribution in [2.45, 2.75) is 18.8 Å². The van der Waals surface area contributed by atoms with Crippen molar-refractivity contribution in [1.82, 2.24) is 24.9 Å². The summed E-state index contributed by atoms with van der Waals surface area (Å²) in [5.74, 6) is 1.40. The molecule has 1 aromatic heterocycles. The zero-order chi connectivity index (χ0) is 21.6. The molecule has 1 N–H and O–H groups in total. The highest BCUT2D eigenvalue weighted by Crippen LogP contribution is 2.26. The average Bonchev–Trinajstić information content (AvgIpc) is 3.44. The van der Waals surface area contributed by atoms with E-state index in [2.05, 4.69) is 36.3 Å². The summed E-state index contributed by atoms with van der Waals surface area (Å²) in [6.07, 6.45) is 6.31. The number of halogens is 2. The number of anilines is 1. The van der Waals surface area contributed by atoms with Gasteiger partial charge in [-0.1, -0.05) is 12.1 Å². The molecule has 0 bridgehead atoms. The Bertz CT molecular complexity index is 879. The van der Waals surface area contributed by atoms with Gasteiger partial charge in [0.15, 0.2) is 5.96 Å². The maximum absolute atomic E-state index is 14.0. The summed E-state index contributed by atoms with van der Waals surface area (Å²) in [5.41, 5.74) is 2.04. The van der Waals surface area contributed by atoms with Crippen LogP contribution in [0.2, 0.25) is 0 Å². The Morgan fingerprint density at radius 2 is 1.97 bits per heavy atom. The van der Waals surface area contributed by atoms with Gasteiger partial charge in [-0.05, 0) is 37.1 Å². The SMILES string of the molecule is CN=C(NCCCN1CCN(c2ccccc2F)CC1)N1CCC(c2cnn(C)c2)C1.I. The van der Waals surface area contributed by atoms with Crippen LogP contribution in [0.1, 0.15) is 24.3 Å². The van der Waals surface area contributed by atoms with Crippen LogP contribution in [0, 0.1) is 5.82 Å². The van der Waals surface area contributed by atoms with Crippen LogP contribution in [-0.4, -0.2) is 84.9 Å². The average molecular weight is 555 g/mol. The molecule has 3 heterocycles. The van der Waals surface area contributed by atoms with E-state index >= 15 is 0 Å². The summed E-state index contributed by atoms with van der Waals surface area (Å²) in [5, 5.41) is 7.85. The molecule has 7 nitrogen and oxygen atoms in total. The molecule has 1 unspecified atom stereocenters. The third kappa shape index (κ3) is 6.12. The van der Waals surface area contributed by atoms with Crippen molar-refractivity contribution in [1.29, 1.82) is 0 Å². The molecule has 0 radical (unpaired) electrons. The number of para-hydroxylation sites is 1. The summed E-state index contributed by atoms with van der Waals surface area (Å²) >= 11 is 0. The van der Waals surface area contributed by atoms with Crippen molar-refractivity contribution in [2.24, 2.45) is 12.0 Å². The lowest BCUT2D eigenvalue weighted by molar-refractivity contribution is 0.254. The quantitative estimate of drug-likeness (QED) is 0.257. The molecule has 176 valence electrons. The first kappa shape index (κ1) is 24.8. The van der Waals surface area contributed by atoms with Crippen LogP contribution < -0.4 is 10.2 Å². The second-order valence-electron chi connectivity index (χ2n) is 8.49. The molecule has 1 atom stereocenters. The summed E-state index contributed by atoms with van der Waals surface area (Å²) in [6.45, 7) is 7.67. The van der Waals surface area contributed by atoms with Gasteiger partial charge in [-0.15, -0.1) is 24.0 Å². The van der Waals surface area contributed by atoms with E-state index in [1.807, 2.05) is 37.1 Å². The van der Waals surface area contributed by atoms with E-state index in [1.165, 1.54) is 5.56 Å². The fourth-order valence-electron chi connectivity index (χ4n) is 4.63. The van der Waals surface area contributed by atoms with E-state index in [0.29, 0.717) is 5.92 Å². The van der Waals surface area contributed by atoms with Crippen molar-refractivity contribution >= 4 is 35.6 Å². The topological polar surface area (TPSA) is 51.9 Å². The summed E-state index contributed by atoms with van der Waals surface area (Å²) < 4.78 is 15.9. The first-order valence-corrected chi connectivity index (χ1v) is 11.3. The van der Waals surface area contributed by atoms with Gasteiger partial charge in [0.1, 0.15) is 5.82 Å². The van der Waals surface area contributed by atoms with Gasteiger partial charge in [0, 0.05) is 72.0 Å². The Balaban J connectivity index is 0.00000289. The number of hydrogen-bond acceptors (Lipinski definition) is 4. The monoisotopic (exact) mass is 555 g/mol. The van der Waals surface area contributed by atoms with Crippen molar-refractivity contribution < 1.29 is 4.39 Å². The molecule has 0 amide bonds. The molecule has 4 rings (SSSR count). The number of aryl methyl sites for hydroxylation is 1. The van der Waals surface area contributed by atoms with Gasteiger partial charge in [-0.3, -0.25) is 14.6 Å². The molecule has 9 heteroatoms. The van der Waals surface area contributed by atoms with Crippen LogP contribution in [0.4, 0.5) is 10.1 Å². The van der Waals surface area contributed by atoms with E-state index in [4.69, 9.17) is 0 Å². The molecule has 2 aromatic rings. The second-order valence-corrected chi connectivity index (χ2v) is 8.49. The fraction of sp³-hybridized carbons (Fsp3) is 0.565. The molecular formula is C23H35FIN7. The van der Waals surface area contributed by atoms with Crippen LogP contribution in [0.5, 0.6) is 0 Å².